The molecule has 0 fully saturated rings. The minimum absolute atomic E-state index is 0.170. The predicted octanol–water partition coefficient (Wildman–Crippen LogP) is 3.30. The number of amides is 2. The van der Waals surface area contributed by atoms with Crippen molar-refractivity contribution in [3.8, 4) is 5.75 Å². The van der Waals surface area contributed by atoms with Gasteiger partial charge in [-0.1, -0.05) is 12.1 Å². The van der Waals surface area contributed by atoms with Crippen LogP contribution in [0.1, 0.15) is 10.4 Å². The molecule has 8 nitrogen and oxygen atoms in total. The van der Waals surface area contributed by atoms with Gasteiger partial charge >= 0.3 is 0 Å². The van der Waals surface area contributed by atoms with Crippen LogP contribution in [0.5, 0.6) is 5.75 Å². The van der Waals surface area contributed by atoms with E-state index in [0.29, 0.717) is 33.6 Å². The van der Waals surface area contributed by atoms with Gasteiger partial charge in [-0.05, 0) is 60.7 Å². The first kappa shape index (κ1) is 20.8. The van der Waals surface area contributed by atoms with E-state index in [1.165, 1.54) is 10.9 Å². The zero-order valence-electron chi connectivity index (χ0n) is 17.2. The van der Waals surface area contributed by atoms with Crippen LogP contribution in [0.15, 0.2) is 83.9 Å². The molecular weight excluding hydrogens is 408 g/mol. The Kier molecular flexibility index (Phi) is 5.94. The van der Waals surface area contributed by atoms with Crippen LogP contribution in [0.3, 0.4) is 0 Å². The van der Waals surface area contributed by atoms with Gasteiger partial charge in [-0.25, -0.2) is 4.98 Å². The third kappa shape index (κ3) is 4.65. The summed E-state index contributed by atoms with van der Waals surface area (Å²) < 4.78 is 6.36. The van der Waals surface area contributed by atoms with Crippen molar-refractivity contribution in [1.29, 1.82) is 0 Å². The molecule has 32 heavy (non-hydrogen) atoms. The Labute approximate surface area is 183 Å². The van der Waals surface area contributed by atoms with Gasteiger partial charge in [0.05, 0.1) is 24.3 Å². The monoisotopic (exact) mass is 428 g/mol. The normalized spacial score (nSPS) is 10.5. The van der Waals surface area contributed by atoms with Crippen molar-refractivity contribution in [2.45, 2.75) is 6.54 Å². The van der Waals surface area contributed by atoms with Crippen molar-refractivity contribution in [3.63, 3.8) is 0 Å². The molecule has 0 aliphatic rings. The van der Waals surface area contributed by atoms with Crippen LogP contribution in [-0.4, -0.2) is 28.5 Å². The molecule has 0 unspecified atom stereocenters. The molecule has 8 heteroatoms. The fourth-order valence-corrected chi connectivity index (χ4v) is 3.16. The number of methoxy groups -OCH3 is 1. The first-order chi connectivity index (χ1) is 15.5. The van der Waals surface area contributed by atoms with Crippen molar-refractivity contribution in [2.24, 2.45) is 0 Å². The number of nitrogens with zero attached hydrogens (tertiary/aromatic N) is 2. The molecule has 0 bridgehead atoms. The first-order valence-corrected chi connectivity index (χ1v) is 9.83. The molecule has 2 N–H and O–H groups in total. The fourth-order valence-electron chi connectivity index (χ4n) is 3.16. The number of hydrogen-bond donors (Lipinski definition) is 2. The number of ether oxygens (including phenoxy) is 1. The fraction of sp³-hybridized carbons (Fsp3) is 0.0833. The lowest BCUT2D eigenvalue weighted by Crippen LogP contribution is -2.27. The molecule has 0 aliphatic carbocycles. The van der Waals surface area contributed by atoms with Crippen LogP contribution < -0.4 is 20.9 Å². The van der Waals surface area contributed by atoms with Gasteiger partial charge in [-0.15, -0.1) is 0 Å². The average Bonchev–Trinajstić information content (AvgIpc) is 2.82. The van der Waals surface area contributed by atoms with Gasteiger partial charge in [-0.2, -0.15) is 0 Å². The summed E-state index contributed by atoms with van der Waals surface area (Å²) in [5.41, 5.74) is 1.89. The van der Waals surface area contributed by atoms with E-state index in [9.17, 15) is 14.4 Å². The summed E-state index contributed by atoms with van der Waals surface area (Å²) >= 11 is 0. The summed E-state index contributed by atoms with van der Waals surface area (Å²) in [5, 5.41) is 5.97. The molecule has 4 aromatic rings. The van der Waals surface area contributed by atoms with Crippen molar-refractivity contribution in [1.82, 2.24) is 9.55 Å². The van der Waals surface area contributed by atoms with Crippen molar-refractivity contribution < 1.29 is 14.3 Å². The molecule has 0 aliphatic heterocycles. The second-order valence-corrected chi connectivity index (χ2v) is 7.00. The predicted molar refractivity (Wildman–Crippen MR) is 122 cm³/mol. The second kappa shape index (κ2) is 9.13. The number of aromatic nitrogens is 2. The van der Waals surface area contributed by atoms with Gasteiger partial charge < -0.3 is 15.4 Å². The summed E-state index contributed by atoms with van der Waals surface area (Å²) in [6.45, 7) is -0.170. The highest BCUT2D eigenvalue weighted by Crippen LogP contribution is 2.17. The summed E-state index contributed by atoms with van der Waals surface area (Å²) in [5.74, 6) is 0.0475. The molecule has 4 rings (SSSR count). The summed E-state index contributed by atoms with van der Waals surface area (Å²) in [7, 11) is 1.57. The third-order valence-corrected chi connectivity index (χ3v) is 4.82. The van der Waals surface area contributed by atoms with E-state index in [4.69, 9.17) is 4.74 Å². The number of benzene rings is 3. The van der Waals surface area contributed by atoms with E-state index in [0.717, 1.165) is 0 Å². The van der Waals surface area contributed by atoms with Crippen LogP contribution in [-0.2, 0) is 11.3 Å². The van der Waals surface area contributed by atoms with E-state index in [1.807, 2.05) is 0 Å². The molecule has 0 spiro atoms. The Morgan fingerprint density at radius 3 is 2.28 bits per heavy atom. The van der Waals surface area contributed by atoms with E-state index in [-0.39, 0.29) is 23.9 Å². The number of carbonyl (C=O) groups excluding carboxylic acids is 2. The zero-order chi connectivity index (χ0) is 22.5. The number of hydrogen-bond acceptors (Lipinski definition) is 5. The number of fused-ring (bicyclic) bond motifs is 1. The quantitative estimate of drug-likeness (QED) is 0.491. The van der Waals surface area contributed by atoms with Crippen LogP contribution in [0.25, 0.3) is 10.9 Å². The van der Waals surface area contributed by atoms with Gasteiger partial charge in [0, 0.05) is 16.9 Å². The molecule has 0 saturated heterocycles. The molecule has 1 heterocycles. The van der Waals surface area contributed by atoms with Crippen LogP contribution >= 0.6 is 0 Å². The molecular formula is C24H20N4O4. The average molecular weight is 428 g/mol. The Morgan fingerprint density at radius 1 is 0.906 bits per heavy atom. The van der Waals surface area contributed by atoms with E-state index in [2.05, 4.69) is 15.6 Å². The number of para-hydroxylation sites is 1. The van der Waals surface area contributed by atoms with Gasteiger partial charge in [0.1, 0.15) is 12.3 Å². The van der Waals surface area contributed by atoms with Crippen LogP contribution in [0, 0.1) is 0 Å². The Bertz CT molecular complexity index is 1330. The number of anilines is 2. The highest BCUT2D eigenvalue weighted by molar-refractivity contribution is 6.04. The topological polar surface area (TPSA) is 102 Å². The molecule has 0 atom stereocenters. The maximum atomic E-state index is 12.5. The summed E-state index contributed by atoms with van der Waals surface area (Å²) in [4.78, 5) is 41.5. The largest absolute Gasteiger partial charge is 0.497 e. The molecule has 2 amide bonds. The van der Waals surface area contributed by atoms with Crippen molar-refractivity contribution in [2.75, 3.05) is 17.7 Å². The Hall–Kier alpha value is -4.46. The SMILES string of the molecule is COc1ccc(NC(=O)c2ccc(NC(=O)Cn3cnc4ccccc4c3=O)cc2)cc1. The van der Waals surface area contributed by atoms with E-state index < -0.39 is 0 Å². The highest BCUT2D eigenvalue weighted by Gasteiger charge is 2.10. The minimum atomic E-state index is -0.375. The number of nitrogens with one attached hydrogen (secondary N) is 2. The lowest BCUT2D eigenvalue weighted by molar-refractivity contribution is -0.116. The minimum Gasteiger partial charge on any atom is -0.497 e. The lowest BCUT2D eigenvalue weighted by atomic mass is 10.2. The molecule has 1 aromatic heterocycles. The molecule has 0 saturated carbocycles. The van der Waals surface area contributed by atoms with Gasteiger partial charge in [0.15, 0.2) is 0 Å². The summed E-state index contributed by atoms with van der Waals surface area (Å²) in [6.07, 6.45) is 1.36. The first-order valence-electron chi connectivity index (χ1n) is 9.83. The molecule has 160 valence electrons. The van der Waals surface area contributed by atoms with Gasteiger partial charge in [0.2, 0.25) is 5.91 Å². The Balaban J connectivity index is 1.38. The smallest absolute Gasteiger partial charge is 0.261 e. The van der Waals surface area contributed by atoms with Gasteiger partial charge in [0.25, 0.3) is 11.5 Å². The van der Waals surface area contributed by atoms with Crippen LogP contribution in [0.2, 0.25) is 0 Å². The molecule has 3 aromatic carbocycles. The van der Waals surface area contributed by atoms with Crippen molar-refractivity contribution >= 4 is 34.1 Å². The third-order valence-electron chi connectivity index (χ3n) is 4.82. The Morgan fingerprint density at radius 2 is 1.56 bits per heavy atom. The van der Waals surface area contributed by atoms with E-state index in [1.54, 1.807) is 79.9 Å². The second-order valence-electron chi connectivity index (χ2n) is 7.00. The number of carbonyl (C=O) groups is 2. The number of rotatable bonds is 6. The van der Waals surface area contributed by atoms with Crippen molar-refractivity contribution in [3.05, 3.63) is 95.0 Å². The summed E-state index contributed by atoms with van der Waals surface area (Å²) in [6, 6.07) is 20.4. The highest BCUT2D eigenvalue weighted by atomic mass is 16.5. The van der Waals surface area contributed by atoms with Gasteiger partial charge in [-0.3, -0.25) is 19.0 Å². The maximum Gasteiger partial charge on any atom is 0.261 e. The maximum absolute atomic E-state index is 12.5. The standard InChI is InChI=1S/C24H20N4O4/c1-32-19-12-10-18(11-13-19)27-23(30)16-6-8-17(9-7-16)26-22(29)14-28-15-25-21-5-3-2-4-20(21)24(28)31/h2-13,15H,14H2,1H3,(H,26,29)(H,27,30). The zero-order valence-corrected chi connectivity index (χ0v) is 17.2. The lowest BCUT2D eigenvalue weighted by Gasteiger charge is -2.09. The van der Waals surface area contributed by atoms with E-state index >= 15 is 0 Å². The van der Waals surface area contributed by atoms with Crippen LogP contribution in [0.4, 0.5) is 11.4 Å². The molecule has 0 radical (unpaired) electrons.